The molecule has 0 bridgehead atoms. The number of aromatic nitrogens is 1. The van der Waals surface area contributed by atoms with Gasteiger partial charge in [0.25, 0.3) is 0 Å². The number of hydrogen-bond donors (Lipinski definition) is 2. The Morgan fingerprint density at radius 2 is 2.10 bits per heavy atom. The lowest BCUT2D eigenvalue weighted by atomic mass is 10.1. The number of fused-ring (bicyclic) bond motifs is 1. The summed E-state index contributed by atoms with van der Waals surface area (Å²) >= 11 is 0. The molecule has 0 saturated heterocycles. The molecule has 2 unspecified atom stereocenters. The number of carbonyl (C=O) groups is 1. The number of hydrogen-bond acceptors (Lipinski definition) is 4. The van der Waals surface area contributed by atoms with E-state index in [4.69, 9.17) is 9.52 Å². The number of oxazole rings is 1. The Morgan fingerprint density at radius 1 is 1.40 bits per heavy atom. The van der Waals surface area contributed by atoms with E-state index in [9.17, 15) is 9.59 Å². The predicted molar refractivity (Wildman–Crippen MR) is 74.3 cm³/mol. The monoisotopic (exact) mass is 278 g/mol. The highest BCUT2D eigenvalue weighted by atomic mass is 16.4. The van der Waals surface area contributed by atoms with E-state index < -0.39 is 5.76 Å². The predicted octanol–water partition coefficient (Wildman–Crippen LogP) is 0.728. The summed E-state index contributed by atoms with van der Waals surface area (Å²) in [5.74, 6) is -0.882. The van der Waals surface area contributed by atoms with Gasteiger partial charge in [0.05, 0.1) is 5.52 Å². The smallest absolute Gasteiger partial charge is 0.408 e. The van der Waals surface area contributed by atoms with Crippen LogP contribution in [0.1, 0.15) is 13.8 Å². The average Bonchev–Trinajstić information content (AvgIpc) is 2.74. The van der Waals surface area contributed by atoms with E-state index in [1.807, 2.05) is 13.8 Å². The van der Waals surface area contributed by atoms with Crippen LogP contribution < -0.4 is 11.1 Å². The average molecular weight is 278 g/mol. The van der Waals surface area contributed by atoms with Crippen molar-refractivity contribution < 1.29 is 14.3 Å². The second-order valence-electron chi connectivity index (χ2n) is 4.94. The van der Waals surface area contributed by atoms with Crippen molar-refractivity contribution in [1.82, 2.24) is 9.88 Å². The van der Waals surface area contributed by atoms with Crippen molar-refractivity contribution in [3.05, 3.63) is 34.8 Å². The van der Waals surface area contributed by atoms with Crippen LogP contribution in [0.15, 0.2) is 33.5 Å². The van der Waals surface area contributed by atoms with Gasteiger partial charge in [-0.15, -0.1) is 0 Å². The molecule has 108 valence electrons. The van der Waals surface area contributed by atoms with Crippen molar-refractivity contribution in [2.75, 3.05) is 6.61 Å². The van der Waals surface area contributed by atoms with Crippen molar-refractivity contribution in [3.8, 4) is 0 Å². The molecule has 2 rings (SSSR count). The molecule has 1 aromatic carbocycles. The third-order valence-electron chi connectivity index (χ3n) is 3.41. The standard InChI is InChI=1S/C14H18N2O4/c1-9(8-17)10(2)15-13(18)7-16-11-5-3-4-6-12(11)20-14(16)19/h3-6,9-10,17H,7-8H2,1-2H3,(H,15,18). The summed E-state index contributed by atoms with van der Waals surface area (Å²) in [7, 11) is 0. The summed E-state index contributed by atoms with van der Waals surface area (Å²) in [4.78, 5) is 23.7. The lowest BCUT2D eigenvalue weighted by Gasteiger charge is -2.19. The van der Waals surface area contributed by atoms with E-state index in [1.165, 1.54) is 4.57 Å². The Hall–Kier alpha value is -2.08. The fourth-order valence-corrected chi connectivity index (χ4v) is 1.91. The molecular weight excluding hydrogens is 260 g/mol. The number of benzene rings is 1. The fourth-order valence-electron chi connectivity index (χ4n) is 1.91. The first kappa shape index (κ1) is 14.3. The number of aliphatic hydroxyl groups excluding tert-OH is 1. The Morgan fingerprint density at radius 3 is 2.80 bits per heavy atom. The molecule has 2 atom stereocenters. The van der Waals surface area contributed by atoms with Crippen molar-refractivity contribution in [1.29, 1.82) is 0 Å². The van der Waals surface area contributed by atoms with Crippen LogP contribution in [-0.4, -0.2) is 28.2 Å². The van der Waals surface area contributed by atoms with Gasteiger partial charge < -0.3 is 14.8 Å². The molecule has 6 nitrogen and oxygen atoms in total. The molecular formula is C14H18N2O4. The van der Waals surface area contributed by atoms with Crippen molar-refractivity contribution in [2.24, 2.45) is 5.92 Å². The summed E-state index contributed by atoms with van der Waals surface area (Å²) < 4.78 is 6.35. The number of amides is 1. The van der Waals surface area contributed by atoms with Gasteiger partial charge >= 0.3 is 5.76 Å². The van der Waals surface area contributed by atoms with Crippen LogP contribution in [0, 0.1) is 5.92 Å². The highest BCUT2D eigenvalue weighted by Crippen LogP contribution is 2.11. The first-order chi connectivity index (χ1) is 9.52. The lowest BCUT2D eigenvalue weighted by molar-refractivity contribution is -0.122. The maximum Gasteiger partial charge on any atom is 0.420 e. The van der Waals surface area contributed by atoms with Crippen LogP contribution in [0.25, 0.3) is 11.1 Å². The minimum Gasteiger partial charge on any atom is -0.408 e. The van der Waals surface area contributed by atoms with Gasteiger partial charge in [-0.3, -0.25) is 9.36 Å². The highest BCUT2D eigenvalue weighted by molar-refractivity contribution is 5.79. The van der Waals surface area contributed by atoms with E-state index in [-0.39, 0.29) is 31.0 Å². The molecule has 1 heterocycles. The van der Waals surface area contributed by atoms with Gasteiger partial charge in [-0.05, 0) is 25.0 Å². The summed E-state index contributed by atoms with van der Waals surface area (Å²) in [5, 5.41) is 11.8. The van der Waals surface area contributed by atoms with Crippen LogP contribution >= 0.6 is 0 Å². The van der Waals surface area contributed by atoms with Crippen molar-refractivity contribution in [3.63, 3.8) is 0 Å². The molecule has 0 aliphatic rings. The molecule has 6 heteroatoms. The third-order valence-corrected chi connectivity index (χ3v) is 3.41. The van der Waals surface area contributed by atoms with E-state index in [0.29, 0.717) is 11.1 Å². The molecule has 2 aromatic rings. The first-order valence-electron chi connectivity index (χ1n) is 6.51. The molecule has 20 heavy (non-hydrogen) atoms. The SMILES string of the molecule is CC(CO)C(C)NC(=O)Cn1c(=O)oc2ccccc21. The minimum absolute atomic E-state index is 0.00393. The van der Waals surface area contributed by atoms with Gasteiger partial charge in [0.15, 0.2) is 5.58 Å². The van der Waals surface area contributed by atoms with Gasteiger partial charge in [0.1, 0.15) is 6.54 Å². The number of carbonyl (C=O) groups excluding carboxylic acids is 1. The summed E-state index contributed by atoms with van der Waals surface area (Å²) in [5.41, 5.74) is 1.05. The number of rotatable bonds is 5. The zero-order valence-electron chi connectivity index (χ0n) is 11.5. The third kappa shape index (κ3) is 2.91. The van der Waals surface area contributed by atoms with Crippen LogP contribution in [0.5, 0.6) is 0 Å². The van der Waals surface area contributed by atoms with Gasteiger partial charge in [-0.1, -0.05) is 19.1 Å². The molecule has 1 amide bonds. The maximum atomic E-state index is 11.9. The molecule has 2 N–H and O–H groups in total. The van der Waals surface area contributed by atoms with Crippen LogP contribution in [0.3, 0.4) is 0 Å². The summed E-state index contributed by atoms with van der Waals surface area (Å²) in [6, 6.07) is 6.79. The fraction of sp³-hybridized carbons (Fsp3) is 0.429. The van der Waals surface area contributed by atoms with Gasteiger partial charge in [0, 0.05) is 12.6 Å². The summed E-state index contributed by atoms with van der Waals surface area (Å²) in [6.45, 7) is 3.55. The lowest BCUT2D eigenvalue weighted by Crippen LogP contribution is -2.41. The number of nitrogens with one attached hydrogen (secondary N) is 1. The van der Waals surface area contributed by atoms with E-state index in [0.717, 1.165) is 0 Å². The number of para-hydroxylation sites is 2. The first-order valence-corrected chi connectivity index (χ1v) is 6.51. The van der Waals surface area contributed by atoms with Gasteiger partial charge in [-0.25, -0.2) is 4.79 Å². The van der Waals surface area contributed by atoms with Crippen molar-refractivity contribution >= 4 is 17.0 Å². The minimum atomic E-state index is -0.552. The van der Waals surface area contributed by atoms with E-state index in [1.54, 1.807) is 24.3 Å². The molecule has 0 aliphatic carbocycles. The molecule has 0 fully saturated rings. The topological polar surface area (TPSA) is 84.5 Å². The Kier molecular flexibility index (Phi) is 4.24. The number of aliphatic hydroxyl groups is 1. The van der Waals surface area contributed by atoms with Crippen LogP contribution in [0.4, 0.5) is 0 Å². The van der Waals surface area contributed by atoms with Gasteiger partial charge in [-0.2, -0.15) is 0 Å². The summed E-state index contributed by atoms with van der Waals surface area (Å²) in [6.07, 6.45) is 0. The Balaban J connectivity index is 2.14. The van der Waals surface area contributed by atoms with E-state index >= 15 is 0 Å². The molecule has 0 radical (unpaired) electrons. The quantitative estimate of drug-likeness (QED) is 0.844. The molecule has 1 aromatic heterocycles. The van der Waals surface area contributed by atoms with Crippen molar-refractivity contribution in [2.45, 2.75) is 26.4 Å². The maximum absolute atomic E-state index is 11.9. The van der Waals surface area contributed by atoms with Gasteiger partial charge in [0.2, 0.25) is 5.91 Å². The Bertz CT molecular complexity index is 658. The largest absolute Gasteiger partial charge is 0.420 e. The molecule has 0 spiro atoms. The Labute approximate surface area is 116 Å². The van der Waals surface area contributed by atoms with Crippen LogP contribution in [0.2, 0.25) is 0 Å². The number of nitrogens with zero attached hydrogens (tertiary/aromatic N) is 1. The van der Waals surface area contributed by atoms with Crippen LogP contribution in [-0.2, 0) is 11.3 Å². The highest BCUT2D eigenvalue weighted by Gasteiger charge is 2.16. The van der Waals surface area contributed by atoms with E-state index in [2.05, 4.69) is 5.32 Å². The second-order valence-corrected chi connectivity index (χ2v) is 4.94. The second kappa shape index (κ2) is 5.92. The normalized spacial score (nSPS) is 14.2. The molecule has 0 aliphatic heterocycles. The zero-order chi connectivity index (χ0) is 14.7. The zero-order valence-corrected chi connectivity index (χ0v) is 11.5. The molecule has 0 saturated carbocycles.